The molecule has 1 N–H and O–H groups in total. The third-order valence-electron chi connectivity index (χ3n) is 4.97. The topological polar surface area (TPSA) is 102 Å². The number of carbonyl (C=O) groups is 1. The Bertz CT molecular complexity index is 1190. The molecule has 1 fully saturated rings. The molecule has 9 nitrogen and oxygen atoms in total. The lowest BCUT2D eigenvalue weighted by Gasteiger charge is -2.38. The molecule has 30 heavy (non-hydrogen) atoms. The van der Waals surface area contributed by atoms with E-state index in [4.69, 9.17) is 4.52 Å². The first-order valence-electron chi connectivity index (χ1n) is 9.49. The Kier molecular flexibility index (Phi) is 4.55. The molecule has 5 heterocycles. The van der Waals surface area contributed by atoms with Gasteiger partial charge >= 0.3 is 0 Å². The number of nitrogens with zero attached hydrogens (tertiary/aromatic N) is 6. The minimum atomic E-state index is -0.146. The van der Waals surface area contributed by atoms with Crippen molar-refractivity contribution in [3.8, 4) is 16.4 Å². The van der Waals surface area contributed by atoms with Gasteiger partial charge in [-0.3, -0.25) is 10.1 Å². The minimum Gasteiger partial charge on any atom is -0.355 e. The number of carbonyl (C=O) groups excluding carboxylic acids is 1. The second kappa shape index (κ2) is 7.38. The van der Waals surface area contributed by atoms with Crippen LogP contribution < -0.4 is 10.2 Å². The van der Waals surface area contributed by atoms with Gasteiger partial charge in [0.1, 0.15) is 17.8 Å². The van der Waals surface area contributed by atoms with Gasteiger partial charge in [0.15, 0.2) is 5.82 Å². The van der Waals surface area contributed by atoms with E-state index in [0.29, 0.717) is 30.5 Å². The van der Waals surface area contributed by atoms with Crippen molar-refractivity contribution in [2.45, 2.75) is 13.8 Å². The molecular weight excluding hydrogens is 402 g/mol. The van der Waals surface area contributed by atoms with Crippen LogP contribution in [0.2, 0.25) is 0 Å². The van der Waals surface area contributed by atoms with Crippen LogP contribution in [0.25, 0.3) is 16.4 Å². The van der Waals surface area contributed by atoms with Gasteiger partial charge in [-0.2, -0.15) is 5.10 Å². The van der Waals surface area contributed by atoms with Gasteiger partial charge in [-0.25, -0.2) is 14.6 Å². The van der Waals surface area contributed by atoms with Crippen molar-refractivity contribution >= 4 is 28.9 Å². The lowest BCUT2D eigenvalue weighted by Crippen LogP contribution is -2.52. The van der Waals surface area contributed by atoms with E-state index < -0.39 is 0 Å². The maximum absolute atomic E-state index is 12.5. The number of anilines is 2. The largest absolute Gasteiger partial charge is 0.355 e. The maximum atomic E-state index is 12.5. The molecule has 1 amide bonds. The summed E-state index contributed by atoms with van der Waals surface area (Å²) in [5, 5.41) is 13.3. The van der Waals surface area contributed by atoms with E-state index in [9.17, 15) is 4.79 Å². The van der Waals surface area contributed by atoms with E-state index in [1.165, 1.54) is 6.33 Å². The van der Waals surface area contributed by atoms with Crippen molar-refractivity contribution < 1.29 is 9.32 Å². The van der Waals surface area contributed by atoms with Crippen LogP contribution in [0.1, 0.15) is 11.4 Å². The van der Waals surface area contributed by atoms with Crippen LogP contribution in [0, 0.1) is 19.8 Å². The molecule has 0 aliphatic carbocycles. The molecule has 0 atom stereocenters. The molecule has 0 unspecified atom stereocenters. The van der Waals surface area contributed by atoms with E-state index in [2.05, 4.69) is 25.5 Å². The molecule has 0 spiro atoms. The Hall–Kier alpha value is -3.53. The fourth-order valence-electron chi connectivity index (χ4n) is 3.42. The number of aromatic nitrogens is 5. The van der Waals surface area contributed by atoms with Crippen molar-refractivity contribution in [1.29, 1.82) is 0 Å². The number of amides is 1. The van der Waals surface area contributed by atoms with E-state index in [1.54, 1.807) is 22.1 Å². The van der Waals surface area contributed by atoms with Crippen molar-refractivity contribution in [3.63, 3.8) is 0 Å². The van der Waals surface area contributed by atoms with Crippen LogP contribution in [0.15, 0.2) is 46.6 Å². The average molecular weight is 421 g/mol. The normalized spacial score (nSPS) is 14.0. The number of nitrogens with one attached hydrogen (secondary N) is 1. The highest BCUT2D eigenvalue weighted by Crippen LogP contribution is 2.28. The summed E-state index contributed by atoms with van der Waals surface area (Å²) in [7, 11) is 0. The van der Waals surface area contributed by atoms with Gasteiger partial charge < -0.3 is 9.42 Å². The fraction of sp³-hybridized carbons (Fsp3) is 0.250. The monoisotopic (exact) mass is 421 g/mol. The molecule has 1 aliphatic heterocycles. The van der Waals surface area contributed by atoms with E-state index in [-0.39, 0.29) is 11.8 Å². The third kappa shape index (κ3) is 3.45. The van der Waals surface area contributed by atoms with Gasteiger partial charge in [-0.15, -0.1) is 11.3 Å². The summed E-state index contributed by atoms with van der Waals surface area (Å²) in [5.74, 6) is 1.61. The summed E-state index contributed by atoms with van der Waals surface area (Å²) >= 11 is 1.57. The molecule has 10 heteroatoms. The molecular formula is C20H19N7O2S. The fourth-order valence-corrected chi connectivity index (χ4v) is 4.09. The Morgan fingerprint density at radius 1 is 1.20 bits per heavy atom. The maximum Gasteiger partial charge on any atom is 0.233 e. The van der Waals surface area contributed by atoms with Crippen LogP contribution >= 0.6 is 11.3 Å². The van der Waals surface area contributed by atoms with Crippen LogP contribution in [0.4, 0.5) is 11.7 Å². The van der Waals surface area contributed by atoms with Gasteiger partial charge in [0.05, 0.1) is 16.5 Å². The molecule has 0 radical (unpaired) electrons. The zero-order valence-corrected chi connectivity index (χ0v) is 17.3. The SMILES string of the molecule is Cc1cc(C)n(-c2cc(N3CC(C(=O)Nc4cc(-c5cccs5)no4)C3)ncn2)n1. The summed E-state index contributed by atoms with van der Waals surface area (Å²) in [4.78, 5) is 24.2. The molecule has 1 aliphatic rings. The molecule has 5 rings (SSSR count). The number of thiophene rings is 1. The smallest absolute Gasteiger partial charge is 0.233 e. The van der Waals surface area contributed by atoms with Gasteiger partial charge in [-0.05, 0) is 31.4 Å². The van der Waals surface area contributed by atoms with Crippen molar-refractivity contribution in [2.75, 3.05) is 23.3 Å². The molecule has 4 aromatic heterocycles. The molecule has 0 bridgehead atoms. The molecule has 0 aromatic carbocycles. The van der Waals surface area contributed by atoms with Crippen LogP contribution in [-0.4, -0.2) is 43.9 Å². The van der Waals surface area contributed by atoms with Crippen LogP contribution in [0.3, 0.4) is 0 Å². The van der Waals surface area contributed by atoms with Crippen LogP contribution in [0.5, 0.6) is 0 Å². The number of aryl methyl sites for hydroxylation is 2. The first-order chi connectivity index (χ1) is 14.6. The predicted molar refractivity (Wildman–Crippen MR) is 113 cm³/mol. The first-order valence-corrected chi connectivity index (χ1v) is 10.4. The second-order valence-electron chi connectivity index (χ2n) is 7.22. The summed E-state index contributed by atoms with van der Waals surface area (Å²) in [5.41, 5.74) is 2.66. The number of hydrogen-bond donors (Lipinski definition) is 1. The average Bonchev–Trinajstić information content (AvgIpc) is 3.42. The van der Waals surface area contributed by atoms with Crippen molar-refractivity contribution in [1.82, 2.24) is 24.9 Å². The number of rotatable bonds is 5. The summed E-state index contributed by atoms with van der Waals surface area (Å²) in [6, 6.07) is 9.53. The molecule has 152 valence electrons. The Morgan fingerprint density at radius 3 is 2.77 bits per heavy atom. The van der Waals surface area contributed by atoms with Crippen LogP contribution in [-0.2, 0) is 4.79 Å². The highest BCUT2D eigenvalue weighted by molar-refractivity contribution is 7.13. The minimum absolute atomic E-state index is 0.0899. The molecule has 4 aromatic rings. The first kappa shape index (κ1) is 18.5. The number of hydrogen-bond acceptors (Lipinski definition) is 8. The summed E-state index contributed by atoms with van der Waals surface area (Å²) in [6.07, 6.45) is 1.52. The third-order valence-corrected chi connectivity index (χ3v) is 5.86. The summed E-state index contributed by atoms with van der Waals surface area (Å²) < 4.78 is 7.04. The van der Waals surface area contributed by atoms with Gasteiger partial charge in [0.25, 0.3) is 0 Å². The quantitative estimate of drug-likeness (QED) is 0.528. The highest BCUT2D eigenvalue weighted by atomic mass is 32.1. The lowest BCUT2D eigenvalue weighted by molar-refractivity contribution is -0.120. The Labute approximate surface area is 176 Å². The Balaban J connectivity index is 1.22. The van der Waals surface area contributed by atoms with Gasteiger partial charge in [0.2, 0.25) is 11.8 Å². The zero-order valence-electron chi connectivity index (χ0n) is 16.4. The van der Waals surface area contributed by atoms with Crippen molar-refractivity contribution in [2.24, 2.45) is 5.92 Å². The van der Waals surface area contributed by atoms with Gasteiger partial charge in [0, 0.05) is 30.9 Å². The van der Waals surface area contributed by atoms with E-state index in [1.807, 2.05) is 48.4 Å². The van der Waals surface area contributed by atoms with E-state index in [0.717, 1.165) is 22.1 Å². The molecule has 0 saturated carbocycles. The standard InChI is InChI=1S/C20H19N7O2S/c1-12-6-13(2)27(24-12)18-8-17(21-11-22-18)26-9-14(10-26)20(28)23-19-7-15(25-29-19)16-4-3-5-30-16/h3-8,11,14H,9-10H2,1-2H3,(H,23,28). The van der Waals surface area contributed by atoms with E-state index >= 15 is 0 Å². The predicted octanol–water partition coefficient (Wildman–Crippen LogP) is 3.07. The molecule has 1 saturated heterocycles. The van der Waals surface area contributed by atoms with Gasteiger partial charge in [-0.1, -0.05) is 11.2 Å². The summed E-state index contributed by atoms with van der Waals surface area (Å²) in [6.45, 7) is 5.08. The van der Waals surface area contributed by atoms with Crippen molar-refractivity contribution in [3.05, 3.63) is 53.4 Å². The highest BCUT2D eigenvalue weighted by Gasteiger charge is 2.34. The Morgan fingerprint density at radius 2 is 2.03 bits per heavy atom. The zero-order chi connectivity index (χ0) is 20.7. The second-order valence-corrected chi connectivity index (χ2v) is 8.17. The lowest BCUT2D eigenvalue weighted by atomic mass is 9.99.